The molecule has 2 aromatic rings. The molecule has 0 atom stereocenters. The third-order valence-electron chi connectivity index (χ3n) is 2.28. The second-order valence-electron chi connectivity index (χ2n) is 3.35. The quantitative estimate of drug-likeness (QED) is 0.925. The molecule has 0 bridgehead atoms. The summed E-state index contributed by atoms with van der Waals surface area (Å²) in [5, 5.41) is 4.86. The van der Waals surface area contributed by atoms with Gasteiger partial charge in [0.1, 0.15) is 5.75 Å². The van der Waals surface area contributed by atoms with Crippen molar-refractivity contribution in [1.29, 1.82) is 0 Å². The first-order valence-corrected chi connectivity index (χ1v) is 6.06. The Hall–Kier alpha value is -2.08. The second kappa shape index (κ2) is 5.50. The topological polar surface area (TPSA) is 60.5 Å². The number of aromatic nitrogens is 1. The summed E-state index contributed by atoms with van der Waals surface area (Å²) in [6.07, 6.45) is -0.532. The first-order chi connectivity index (χ1) is 8.74. The van der Waals surface area contributed by atoms with Gasteiger partial charge in [0.15, 0.2) is 5.13 Å². The molecule has 0 unspecified atom stereocenters. The summed E-state index contributed by atoms with van der Waals surface area (Å²) in [5.41, 5.74) is 1.64. The Labute approximate surface area is 108 Å². The Morgan fingerprint density at radius 3 is 2.83 bits per heavy atom. The van der Waals surface area contributed by atoms with Gasteiger partial charge in [0.25, 0.3) is 0 Å². The molecule has 0 fully saturated rings. The lowest BCUT2D eigenvalue weighted by Crippen LogP contribution is -2.10. The number of carbonyl (C=O) groups is 1. The number of ether oxygens (including phenoxy) is 2. The van der Waals surface area contributed by atoms with Gasteiger partial charge in [0.2, 0.25) is 0 Å². The number of methoxy groups -OCH3 is 2. The van der Waals surface area contributed by atoms with Crippen LogP contribution in [0.3, 0.4) is 0 Å². The van der Waals surface area contributed by atoms with E-state index in [2.05, 4.69) is 15.0 Å². The minimum Gasteiger partial charge on any atom is -0.496 e. The molecule has 0 spiro atoms. The van der Waals surface area contributed by atoms with Crippen LogP contribution in [0.1, 0.15) is 0 Å². The van der Waals surface area contributed by atoms with Crippen molar-refractivity contribution in [2.24, 2.45) is 0 Å². The lowest BCUT2D eigenvalue weighted by atomic mass is 10.1. The number of amides is 1. The van der Waals surface area contributed by atoms with Crippen LogP contribution in [-0.4, -0.2) is 25.3 Å². The van der Waals surface area contributed by atoms with E-state index in [1.807, 2.05) is 29.6 Å². The van der Waals surface area contributed by atoms with Gasteiger partial charge >= 0.3 is 6.09 Å². The molecule has 1 amide bonds. The van der Waals surface area contributed by atoms with Crippen LogP contribution in [0.5, 0.6) is 5.75 Å². The largest absolute Gasteiger partial charge is 0.496 e. The van der Waals surface area contributed by atoms with E-state index in [0.29, 0.717) is 5.13 Å². The number of carbonyl (C=O) groups excluding carboxylic acids is 1. The normalized spacial score (nSPS) is 9.89. The number of para-hydroxylation sites is 1. The zero-order chi connectivity index (χ0) is 13.0. The number of thiazole rings is 1. The van der Waals surface area contributed by atoms with Gasteiger partial charge in [0.05, 0.1) is 19.9 Å². The van der Waals surface area contributed by atoms with Crippen molar-refractivity contribution in [2.75, 3.05) is 19.5 Å². The summed E-state index contributed by atoms with van der Waals surface area (Å²) in [7, 11) is 2.92. The van der Waals surface area contributed by atoms with E-state index in [1.165, 1.54) is 18.4 Å². The van der Waals surface area contributed by atoms with Gasteiger partial charge in [-0.2, -0.15) is 0 Å². The third kappa shape index (κ3) is 2.60. The van der Waals surface area contributed by atoms with Gasteiger partial charge in [-0.25, -0.2) is 9.78 Å². The van der Waals surface area contributed by atoms with Crippen molar-refractivity contribution in [1.82, 2.24) is 4.98 Å². The Morgan fingerprint density at radius 2 is 2.11 bits per heavy atom. The fourth-order valence-corrected chi connectivity index (χ4v) is 2.15. The van der Waals surface area contributed by atoms with Crippen LogP contribution in [0.15, 0.2) is 29.6 Å². The van der Waals surface area contributed by atoms with E-state index >= 15 is 0 Å². The van der Waals surface area contributed by atoms with Crippen molar-refractivity contribution in [2.45, 2.75) is 0 Å². The summed E-state index contributed by atoms with van der Waals surface area (Å²) in [5.74, 6) is 0.743. The van der Waals surface area contributed by atoms with Gasteiger partial charge < -0.3 is 9.47 Å². The van der Waals surface area contributed by atoms with E-state index in [0.717, 1.165) is 17.0 Å². The van der Waals surface area contributed by atoms with Crippen LogP contribution in [0, 0.1) is 0 Å². The number of nitrogens with zero attached hydrogens (tertiary/aromatic N) is 1. The first-order valence-electron chi connectivity index (χ1n) is 5.18. The number of anilines is 1. The molecule has 0 saturated heterocycles. The highest BCUT2D eigenvalue weighted by atomic mass is 32.1. The smallest absolute Gasteiger partial charge is 0.413 e. The minimum absolute atomic E-state index is 0.489. The first kappa shape index (κ1) is 12.4. The van der Waals surface area contributed by atoms with Crippen LogP contribution in [0.4, 0.5) is 9.93 Å². The Balaban J connectivity index is 2.26. The predicted octanol–water partition coefficient (Wildman–Crippen LogP) is 3.00. The van der Waals surface area contributed by atoms with Crippen molar-refractivity contribution in [3.8, 4) is 17.0 Å². The van der Waals surface area contributed by atoms with Crippen molar-refractivity contribution in [3.63, 3.8) is 0 Å². The van der Waals surface area contributed by atoms with Crippen LogP contribution in [0.25, 0.3) is 11.3 Å². The zero-order valence-corrected chi connectivity index (χ0v) is 10.8. The summed E-state index contributed by atoms with van der Waals surface area (Å²) in [6.45, 7) is 0. The third-order valence-corrected chi connectivity index (χ3v) is 3.04. The van der Waals surface area contributed by atoms with Crippen molar-refractivity contribution >= 4 is 22.6 Å². The van der Waals surface area contributed by atoms with Crippen LogP contribution >= 0.6 is 11.3 Å². The van der Waals surface area contributed by atoms with Gasteiger partial charge in [-0.3, -0.25) is 5.32 Å². The molecule has 0 aliphatic carbocycles. The zero-order valence-electron chi connectivity index (χ0n) is 9.97. The van der Waals surface area contributed by atoms with Gasteiger partial charge in [0, 0.05) is 10.9 Å². The average Bonchev–Trinajstić information content (AvgIpc) is 2.86. The van der Waals surface area contributed by atoms with Gasteiger partial charge in [-0.15, -0.1) is 11.3 Å². The lowest BCUT2D eigenvalue weighted by Gasteiger charge is -2.04. The fourth-order valence-electron chi connectivity index (χ4n) is 1.45. The van der Waals surface area contributed by atoms with E-state index in [-0.39, 0.29) is 0 Å². The SMILES string of the molecule is COC(=O)Nc1nc(-c2ccccc2OC)cs1. The van der Waals surface area contributed by atoms with E-state index < -0.39 is 6.09 Å². The molecule has 1 aromatic carbocycles. The molecule has 94 valence electrons. The maximum atomic E-state index is 11.1. The van der Waals surface area contributed by atoms with E-state index in [4.69, 9.17) is 4.74 Å². The molecule has 2 rings (SSSR count). The molecular formula is C12H12N2O3S. The molecule has 5 nitrogen and oxygen atoms in total. The summed E-state index contributed by atoms with van der Waals surface area (Å²) in [6, 6.07) is 7.57. The van der Waals surface area contributed by atoms with Crippen LogP contribution in [-0.2, 0) is 4.74 Å². The molecule has 0 aliphatic rings. The summed E-state index contributed by atoms with van der Waals surface area (Å²) >= 11 is 1.33. The Kier molecular flexibility index (Phi) is 3.78. The van der Waals surface area contributed by atoms with Gasteiger partial charge in [-0.1, -0.05) is 12.1 Å². The standard InChI is InChI=1S/C12H12N2O3S/c1-16-10-6-4-3-5-8(10)9-7-18-11(13-9)14-12(15)17-2/h3-7H,1-2H3,(H,13,14,15). The lowest BCUT2D eigenvalue weighted by molar-refractivity contribution is 0.187. The number of rotatable bonds is 3. The molecule has 1 aromatic heterocycles. The molecule has 0 saturated carbocycles. The summed E-state index contributed by atoms with van der Waals surface area (Å²) < 4.78 is 9.77. The van der Waals surface area contributed by atoms with Gasteiger partial charge in [-0.05, 0) is 12.1 Å². The molecule has 0 radical (unpaired) electrons. The number of nitrogens with one attached hydrogen (secondary N) is 1. The maximum absolute atomic E-state index is 11.1. The maximum Gasteiger partial charge on any atom is 0.413 e. The second-order valence-corrected chi connectivity index (χ2v) is 4.21. The molecule has 1 heterocycles. The molecule has 6 heteroatoms. The Bertz CT molecular complexity index is 554. The number of hydrogen-bond acceptors (Lipinski definition) is 5. The number of benzene rings is 1. The van der Waals surface area contributed by atoms with Crippen LogP contribution in [0.2, 0.25) is 0 Å². The van der Waals surface area contributed by atoms with Crippen molar-refractivity contribution < 1.29 is 14.3 Å². The molecule has 18 heavy (non-hydrogen) atoms. The summed E-state index contributed by atoms with van der Waals surface area (Å²) in [4.78, 5) is 15.4. The van der Waals surface area contributed by atoms with E-state index in [9.17, 15) is 4.79 Å². The minimum atomic E-state index is -0.532. The van der Waals surface area contributed by atoms with E-state index in [1.54, 1.807) is 7.11 Å². The fraction of sp³-hybridized carbons (Fsp3) is 0.167. The monoisotopic (exact) mass is 264 g/mol. The average molecular weight is 264 g/mol. The molecule has 1 N–H and O–H groups in total. The predicted molar refractivity (Wildman–Crippen MR) is 70.1 cm³/mol. The molecular weight excluding hydrogens is 252 g/mol. The highest BCUT2D eigenvalue weighted by Crippen LogP contribution is 2.31. The van der Waals surface area contributed by atoms with Crippen LogP contribution < -0.4 is 10.1 Å². The highest BCUT2D eigenvalue weighted by Gasteiger charge is 2.10. The number of hydrogen-bond donors (Lipinski definition) is 1. The molecule has 0 aliphatic heterocycles. The highest BCUT2D eigenvalue weighted by molar-refractivity contribution is 7.14. The van der Waals surface area contributed by atoms with Crippen molar-refractivity contribution in [3.05, 3.63) is 29.6 Å². The Morgan fingerprint density at radius 1 is 1.33 bits per heavy atom.